The molecule has 1 aliphatic heterocycles. The molecule has 0 aromatic carbocycles. The van der Waals surface area contributed by atoms with E-state index < -0.39 is 0 Å². The zero-order valence-corrected chi connectivity index (χ0v) is 15.8. The highest BCUT2D eigenvalue weighted by Crippen LogP contribution is 2.23. The Morgan fingerprint density at radius 1 is 1.11 bits per heavy atom. The highest BCUT2D eigenvalue weighted by Gasteiger charge is 2.25. The SMILES string of the molecule is CC1CN(C)CCN1C(=O)Nc1cc2cc(-c3cnn(C)c3)ncc2cn1. The third-order valence-electron chi connectivity index (χ3n) is 4.93. The molecule has 0 spiro atoms. The second-order valence-corrected chi connectivity index (χ2v) is 7.12. The first kappa shape index (κ1) is 17.4. The lowest BCUT2D eigenvalue weighted by Gasteiger charge is -2.37. The summed E-state index contributed by atoms with van der Waals surface area (Å²) in [5.41, 5.74) is 1.79. The fourth-order valence-corrected chi connectivity index (χ4v) is 3.44. The van der Waals surface area contributed by atoms with Crippen molar-refractivity contribution in [2.75, 3.05) is 32.0 Å². The lowest BCUT2D eigenvalue weighted by Crippen LogP contribution is -2.54. The quantitative estimate of drug-likeness (QED) is 0.753. The van der Waals surface area contributed by atoms with Gasteiger partial charge in [-0.2, -0.15) is 5.10 Å². The molecule has 1 fully saturated rings. The Morgan fingerprint density at radius 2 is 1.93 bits per heavy atom. The Kier molecular flexibility index (Phi) is 4.49. The molecule has 1 aliphatic rings. The number of hydrogen-bond donors (Lipinski definition) is 1. The zero-order chi connectivity index (χ0) is 19.0. The molecule has 0 aliphatic carbocycles. The maximum atomic E-state index is 12.6. The van der Waals surface area contributed by atoms with Gasteiger partial charge in [-0.1, -0.05) is 0 Å². The van der Waals surface area contributed by atoms with Crippen LogP contribution in [0.15, 0.2) is 36.9 Å². The maximum Gasteiger partial charge on any atom is 0.323 e. The highest BCUT2D eigenvalue weighted by atomic mass is 16.2. The number of amides is 2. The predicted molar refractivity (Wildman–Crippen MR) is 104 cm³/mol. The second kappa shape index (κ2) is 6.96. The van der Waals surface area contributed by atoms with Crippen LogP contribution in [0.1, 0.15) is 6.92 Å². The molecule has 1 unspecified atom stereocenters. The number of urea groups is 1. The van der Waals surface area contributed by atoms with Crippen LogP contribution in [0.25, 0.3) is 22.0 Å². The monoisotopic (exact) mass is 365 g/mol. The molecule has 0 saturated carbocycles. The lowest BCUT2D eigenvalue weighted by atomic mass is 10.1. The van der Waals surface area contributed by atoms with Gasteiger partial charge in [-0.15, -0.1) is 0 Å². The van der Waals surface area contributed by atoms with Gasteiger partial charge in [0.25, 0.3) is 0 Å². The minimum Gasteiger partial charge on any atom is -0.319 e. The van der Waals surface area contributed by atoms with Gasteiger partial charge >= 0.3 is 6.03 Å². The molecule has 27 heavy (non-hydrogen) atoms. The molecule has 4 heterocycles. The molecule has 2 amide bonds. The lowest BCUT2D eigenvalue weighted by molar-refractivity contribution is 0.125. The fourth-order valence-electron chi connectivity index (χ4n) is 3.44. The third kappa shape index (κ3) is 3.61. The first-order valence-corrected chi connectivity index (χ1v) is 9.00. The molecule has 0 radical (unpaired) electrons. The molecular weight excluding hydrogens is 342 g/mol. The van der Waals surface area contributed by atoms with E-state index in [1.807, 2.05) is 30.3 Å². The van der Waals surface area contributed by atoms with Crippen LogP contribution in [0.4, 0.5) is 10.6 Å². The minimum absolute atomic E-state index is 0.107. The van der Waals surface area contributed by atoms with E-state index in [4.69, 9.17) is 0 Å². The topological polar surface area (TPSA) is 79.2 Å². The van der Waals surface area contributed by atoms with E-state index in [9.17, 15) is 4.79 Å². The highest BCUT2D eigenvalue weighted by molar-refractivity contribution is 5.92. The summed E-state index contributed by atoms with van der Waals surface area (Å²) in [7, 11) is 3.95. The maximum absolute atomic E-state index is 12.6. The van der Waals surface area contributed by atoms with E-state index in [0.29, 0.717) is 12.4 Å². The van der Waals surface area contributed by atoms with Crippen molar-refractivity contribution in [1.29, 1.82) is 0 Å². The number of likely N-dealkylation sites (N-methyl/N-ethyl adjacent to an activating group) is 1. The van der Waals surface area contributed by atoms with Crippen molar-refractivity contribution in [3.05, 3.63) is 36.9 Å². The van der Waals surface area contributed by atoms with Crippen molar-refractivity contribution in [1.82, 2.24) is 29.5 Å². The molecule has 1 atom stereocenters. The predicted octanol–water partition coefficient (Wildman–Crippen LogP) is 2.20. The van der Waals surface area contributed by atoms with Crippen LogP contribution in [0, 0.1) is 0 Å². The molecule has 3 aromatic rings. The number of carbonyl (C=O) groups excluding carboxylic acids is 1. The van der Waals surface area contributed by atoms with Crippen molar-refractivity contribution in [2.24, 2.45) is 7.05 Å². The van der Waals surface area contributed by atoms with Crippen molar-refractivity contribution >= 4 is 22.6 Å². The minimum atomic E-state index is -0.107. The summed E-state index contributed by atoms with van der Waals surface area (Å²) < 4.78 is 1.75. The van der Waals surface area contributed by atoms with Gasteiger partial charge in [0.2, 0.25) is 0 Å². The van der Waals surface area contributed by atoms with E-state index in [1.165, 1.54) is 0 Å². The Hall–Kier alpha value is -3.00. The van der Waals surface area contributed by atoms with Crippen LogP contribution in [-0.2, 0) is 7.05 Å². The van der Waals surface area contributed by atoms with Crippen molar-refractivity contribution in [3.8, 4) is 11.3 Å². The van der Waals surface area contributed by atoms with E-state index in [-0.39, 0.29) is 12.1 Å². The largest absolute Gasteiger partial charge is 0.323 e. The van der Waals surface area contributed by atoms with Crippen molar-refractivity contribution in [3.63, 3.8) is 0 Å². The summed E-state index contributed by atoms with van der Waals surface area (Å²) in [6.07, 6.45) is 7.23. The smallest absolute Gasteiger partial charge is 0.319 e. The Bertz CT molecular complexity index is 983. The number of nitrogens with one attached hydrogen (secondary N) is 1. The van der Waals surface area contributed by atoms with Gasteiger partial charge in [-0.05, 0) is 31.5 Å². The number of pyridine rings is 2. The van der Waals surface area contributed by atoms with Crippen LogP contribution in [0.5, 0.6) is 0 Å². The number of anilines is 1. The van der Waals surface area contributed by atoms with Gasteiger partial charge < -0.3 is 9.80 Å². The van der Waals surface area contributed by atoms with Gasteiger partial charge in [-0.25, -0.2) is 9.78 Å². The second-order valence-electron chi connectivity index (χ2n) is 7.12. The van der Waals surface area contributed by atoms with Gasteiger partial charge in [0.15, 0.2) is 0 Å². The van der Waals surface area contributed by atoms with Crippen LogP contribution in [0.3, 0.4) is 0 Å². The van der Waals surface area contributed by atoms with Gasteiger partial charge in [-0.3, -0.25) is 15.0 Å². The van der Waals surface area contributed by atoms with Gasteiger partial charge in [0.1, 0.15) is 5.82 Å². The van der Waals surface area contributed by atoms with Gasteiger partial charge in [0.05, 0.1) is 11.9 Å². The van der Waals surface area contributed by atoms with E-state index >= 15 is 0 Å². The molecule has 1 N–H and O–H groups in total. The summed E-state index contributed by atoms with van der Waals surface area (Å²) in [5, 5.41) is 9.02. The molecule has 4 rings (SSSR count). The fraction of sp³-hybridized carbons (Fsp3) is 0.368. The number of aromatic nitrogens is 4. The Morgan fingerprint density at radius 3 is 2.67 bits per heavy atom. The number of carbonyl (C=O) groups is 1. The number of aryl methyl sites for hydroxylation is 1. The van der Waals surface area contributed by atoms with E-state index in [2.05, 4.69) is 39.3 Å². The number of fused-ring (bicyclic) bond motifs is 1. The normalized spacial score (nSPS) is 18.0. The first-order chi connectivity index (χ1) is 13.0. The number of piperazine rings is 1. The summed E-state index contributed by atoms with van der Waals surface area (Å²) >= 11 is 0. The van der Waals surface area contributed by atoms with Crippen LogP contribution in [0.2, 0.25) is 0 Å². The van der Waals surface area contributed by atoms with Crippen LogP contribution < -0.4 is 5.32 Å². The summed E-state index contributed by atoms with van der Waals surface area (Å²) in [5.74, 6) is 0.543. The summed E-state index contributed by atoms with van der Waals surface area (Å²) in [6.45, 7) is 4.53. The summed E-state index contributed by atoms with van der Waals surface area (Å²) in [6, 6.07) is 3.94. The molecule has 3 aromatic heterocycles. The molecular formula is C19H23N7O. The van der Waals surface area contributed by atoms with E-state index in [0.717, 1.165) is 35.1 Å². The number of hydrogen-bond acceptors (Lipinski definition) is 5. The summed E-state index contributed by atoms with van der Waals surface area (Å²) in [4.78, 5) is 25.6. The van der Waals surface area contributed by atoms with Crippen LogP contribution >= 0.6 is 0 Å². The average molecular weight is 365 g/mol. The van der Waals surface area contributed by atoms with Crippen molar-refractivity contribution < 1.29 is 4.79 Å². The Balaban J connectivity index is 1.56. The number of rotatable bonds is 2. The molecule has 8 heteroatoms. The van der Waals surface area contributed by atoms with Crippen LogP contribution in [-0.4, -0.2) is 68.3 Å². The average Bonchev–Trinajstić information content (AvgIpc) is 3.07. The zero-order valence-electron chi connectivity index (χ0n) is 15.8. The standard InChI is InChI=1S/C19H23N7O/c1-13-11-24(2)4-5-26(13)19(27)23-18-7-14-6-17(16-10-22-25(3)12-16)20-8-15(14)9-21-18/h6-10,12-13H,4-5,11H2,1-3H3,(H,21,23,27). The number of nitrogens with zero attached hydrogens (tertiary/aromatic N) is 6. The molecule has 8 nitrogen and oxygen atoms in total. The third-order valence-corrected chi connectivity index (χ3v) is 4.93. The van der Waals surface area contributed by atoms with E-state index in [1.54, 1.807) is 23.3 Å². The first-order valence-electron chi connectivity index (χ1n) is 9.00. The molecule has 140 valence electrons. The molecule has 1 saturated heterocycles. The molecule has 0 bridgehead atoms. The Labute approximate surface area is 157 Å². The van der Waals surface area contributed by atoms with Crippen molar-refractivity contribution in [2.45, 2.75) is 13.0 Å². The van der Waals surface area contributed by atoms with Gasteiger partial charge in [0, 0.05) is 62.3 Å².